The maximum atomic E-state index is 13.8. The fourth-order valence-electron chi connectivity index (χ4n) is 1.82. The molecule has 0 heterocycles. The van der Waals surface area contributed by atoms with Crippen molar-refractivity contribution >= 4 is 5.97 Å². The van der Waals surface area contributed by atoms with Crippen LogP contribution >= 0.6 is 0 Å². The van der Waals surface area contributed by atoms with Crippen molar-refractivity contribution in [1.29, 1.82) is 0 Å². The molecule has 5 heteroatoms. The summed E-state index contributed by atoms with van der Waals surface area (Å²) in [5.41, 5.74) is 4.90. The lowest BCUT2D eigenvalue weighted by Gasteiger charge is -2.33. The Balaban J connectivity index is 3.27. The Kier molecular flexibility index (Phi) is 4.40. The molecule has 0 aliphatic heterocycles. The largest absolute Gasteiger partial charge is 0.469 e. The number of methoxy groups -OCH3 is 1. The summed E-state index contributed by atoms with van der Waals surface area (Å²) in [5.74, 6) is -2.44. The van der Waals surface area contributed by atoms with Crippen molar-refractivity contribution < 1.29 is 18.3 Å². The second kappa shape index (κ2) is 5.44. The van der Waals surface area contributed by atoms with E-state index < -0.39 is 29.1 Å². The number of hydrogen-bond donors (Lipinski definition) is 1. The van der Waals surface area contributed by atoms with E-state index in [0.29, 0.717) is 0 Å². The van der Waals surface area contributed by atoms with E-state index in [2.05, 4.69) is 4.74 Å². The number of nitrogens with two attached hydrogens (primary N) is 1. The molecule has 1 rings (SSSR count). The van der Waals surface area contributed by atoms with Crippen molar-refractivity contribution in [2.24, 2.45) is 5.73 Å². The van der Waals surface area contributed by atoms with Gasteiger partial charge < -0.3 is 10.5 Å². The van der Waals surface area contributed by atoms with Crippen molar-refractivity contribution in [1.82, 2.24) is 0 Å². The highest BCUT2D eigenvalue weighted by molar-refractivity contribution is 5.71. The molecule has 0 fully saturated rings. The Morgan fingerprint density at radius 3 is 2.61 bits per heavy atom. The summed E-state index contributed by atoms with van der Waals surface area (Å²) in [7, 11) is 1.24. The SMILES string of the molecule is COC(=O)CC(C)(c1cccc(F)c1F)C(C)N. The fraction of sp³-hybridized carbons (Fsp3) is 0.462. The average Bonchev–Trinajstić information content (AvgIpc) is 2.32. The molecule has 2 atom stereocenters. The van der Waals surface area contributed by atoms with Gasteiger partial charge in [-0.2, -0.15) is 0 Å². The minimum Gasteiger partial charge on any atom is -0.469 e. The summed E-state index contributed by atoms with van der Waals surface area (Å²) in [5, 5.41) is 0. The summed E-state index contributed by atoms with van der Waals surface area (Å²) in [6.45, 7) is 3.26. The van der Waals surface area contributed by atoms with Gasteiger partial charge in [0, 0.05) is 11.5 Å². The summed E-state index contributed by atoms with van der Waals surface area (Å²) < 4.78 is 31.7. The highest BCUT2D eigenvalue weighted by Gasteiger charge is 2.37. The average molecular weight is 257 g/mol. The second-order valence-electron chi connectivity index (χ2n) is 4.56. The number of ether oxygens (including phenoxy) is 1. The van der Waals surface area contributed by atoms with Gasteiger partial charge >= 0.3 is 5.97 Å². The van der Waals surface area contributed by atoms with Crippen molar-refractivity contribution in [2.75, 3.05) is 7.11 Å². The van der Waals surface area contributed by atoms with Gasteiger partial charge in [-0.1, -0.05) is 19.1 Å². The van der Waals surface area contributed by atoms with Gasteiger partial charge in [0.2, 0.25) is 0 Å². The molecule has 0 bridgehead atoms. The molecule has 3 nitrogen and oxygen atoms in total. The molecule has 0 spiro atoms. The van der Waals surface area contributed by atoms with Crippen LogP contribution in [0.1, 0.15) is 25.8 Å². The number of esters is 1. The minimum absolute atomic E-state index is 0.0860. The zero-order chi connectivity index (χ0) is 13.9. The molecule has 100 valence electrons. The van der Waals surface area contributed by atoms with Gasteiger partial charge in [-0.25, -0.2) is 8.78 Å². The van der Waals surface area contributed by atoms with E-state index in [-0.39, 0.29) is 12.0 Å². The van der Waals surface area contributed by atoms with Crippen LogP contribution < -0.4 is 5.73 Å². The van der Waals surface area contributed by atoms with Gasteiger partial charge in [0.05, 0.1) is 13.5 Å². The molecule has 0 saturated carbocycles. The topological polar surface area (TPSA) is 52.3 Å². The van der Waals surface area contributed by atoms with E-state index >= 15 is 0 Å². The maximum absolute atomic E-state index is 13.8. The monoisotopic (exact) mass is 257 g/mol. The summed E-state index contributed by atoms with van der Waals surface area (Å²) in [6, 6.07) is 3.32. The van der Waals surface area contributed by atoms with E-state index in [0.717, 1.165) is 6.07 Å². The molecule has 0 amide bonds. The molecular formula is C13H17F2NO2. The molecule has 1 aromatic carbocycles. The molecule has 2 unspecified atom stereocenters. The van der Waals surface area contributed by atoms with E-state index in [9.17, 15) is 13.6 Å². The highest BCUT2D eigenvalue weighted by atomic mass is 19.2. The first-order chi connectivity index (χ1) is 8.32. The number of hydrogen-bond acceptors (Lipinski definition) is 3. The minimum atomic E-state index is -1.01. The molecular weight excluding hydrogens is 240 g/mol. The van der Waals surface area contributed by atoms with Crippen LogP contribution in [0.25, 0.3) is 0 Å². The van der Waals surface area contributed by atoms with Crippen LogP contribution in [-0.2, 0) is 14.9 Å². The fourth-order valence-corrected chi connectivity index (χ4v) is 1.82. The van der Waals surface area contributed by atoms with Crippen LogP contribution in [0.15, 0.2) is 18.2 Å². The first-order valence-corrected chi connectivity index (χ1v) is 5.59. The maximum Gasteiger partial charge on any atom is 0.306 e. The zero-order valence-electron chi connectivity index (χ0n) is 10.7. The molecule has 0 aliphatic rings. The van der Waals surface area contributed by atoms with Crippen LogP contribution in [0.3, 0.4) is 0 Å². The summed E-state index contributed by atoms with van der Waals surface area (Å²) in [6.07, 6.45) is -0.110. The molecule has 1 aromatic rings. The standard InChI is InChI=1S/C13H17F2NO2/c1-8(16)13(2,7-11(17)18-3)9-5-4-6-10(14)12(9)15/h4-6,8H,7,16H2,1-3H3. The Labute approximate surface area is 105 Å². The lowest BCUT2D eigenvalue weighted by atomic mass is 9.74. The van der Waals surface area contributed by atoms with Crippen LogP contribution in [0.5, 0.6) is 0 Å². The predicted molar refractivity (Wildman–Crippen MR) is 64.0 cm³/mol. The summed E-state index contributed by atoms with van der Waals surface area (Å²) in [4.78, 5) is 11.4. The van der Waals surface area contributed by atoms with Crippen LogP contribution in [0.4, 0.5) is 8.78 Å². The van der Waals surface area contributed by atoms with Crippen LogP contribution in [0, 0.1) is 11.6 Å². The van der Waals surface area contributed by atoms with E-state index in [1.165, 1.54) is 19.2 Å². The first kappa shape index (κ1) is 14.6. The molecule has 0 radical (unpaired) electrons. The third kappa shape index (κ3) is 2.67. The highest BCUT2D eigenvalue weighted by Crippen LogP contribution is 2.33. The van der Waals surface area contributed by atoms with Crippen LogP contribution in [-0.4, -0.2) is 19.1 Å². The van der Waals surface area contributed by atoms with Gasteiger partial charge in [-0.3, -0.25) is 4.79 Å². The van der Waals surface area contributed by atoms with E-state index in [1.807, 2.05) is 0 Å². The Bertz CT molecular complexity index is 449. The quantitative estimate of drug-likeness (QED) is 0.841. The zero-order valence-corrected chi connectivity index (χ0v) is 10.7. The van der Waals surface area contributed by atoms with Gasteiger partial charge in [-0.05, 0) is 18.6 Å². The molecule has 0 saturated heterocycles. The molecule has 2 N–H and O–H groups in total. The second-order valence-corrected chi connectivity index (χ2v) is 4.56. The first-order valence-electron chi connectivity index (χ1n) is 5.59. The van der Waals surface area contributed by atoms with Crippen molar-refractivity contribution in [3.05, 3.63) is 35.4 Å². The van der Waals surface area contributed by atoms with Crippen molar-refractivity contribution in [3.8, 4) is 0 Å². The van der Waals surface area contributed by atoms with Crippen molar-refractivity contribution in [3.63, 3.8) is 0 Å². The van der Waals surface area contributed by atoms with E-state index in [4.69, 9.17) is 5.73 Å². The van der Waals surface area contributed by atoms with Crippen molar-refractivity contribution in [2.45, 2.75) is 31.7 Å². The Morgan fingerprint density at radius 2 is 2.11 bits per heavy atom. The molecule has 0 aliphatic carbocycles. The summed E-state index contributed by atoms with van der Waals surface area (Å²) >= 11 is 0. The van der Waals surface area contributed by atoms with Gasteiger partial charge in [0.1, 0.15) is 0 Å². The van der Waals surface area contributed by atoms with E-state index in [1.54, 1.807) is 13.8 Å². The van der Waals surface area contributed by atoms with Crippen LogP contribution in [0.2, 0.25) is 0 Å². The smallest absolute Gasteiger partial charge is 0.306 e. The Morgan fingerprint density at radius 1 is 1.50 bits per heavy atom. The lowest BCUT2D eigenvalue weighted by molar-refractivity contribution is -0.142. The molecule has 18 heavy (non-hydrogen) atoms. The number of benzene rings is 1. The molecule has 0 aromatic heterocycles. The normalized spacial score (nSPS) is 15.9. The number of halogens is 2. The van der Waals surface area contributed by atoms with Gasteiger partial charge in [0.25, 0.3) is 0 Å². The third-order valence-corrected chi connectivity index (χ3v) is 3.31. The van der Waals surface area contributed by atoms with Gasteiger partial charge in [0.15, 0.2) is 11.6 Å². The third-order valence-electron chi connectivity index (χ3n) is 3.31. The Hall–Kier alpha value is -1.49. The lowest BCUT2D eigenvalue weighted by Crippen LogP contribution is -2.43. The number of carbonyl (C=O) groups is 1. The number of carbonyl (C=O) groups excluding carboxylic acids is 1. The number of rotatable bonds is 4. The van der Waals surface area contributed by atoms with Gasteiger partial charge in [-0.15, -0.1) is 0 Å². The predicted octanol–water partition coefficient (Wildman–Crippen LogP) is 2.13.